The molecule has 0 bridgehead atoms. The van der Waals surface area contributed by atoms with Gasteiger partial charge in [0, 0.05) is 12.0 Å². The number of carbonyl (C=O) groups excluding carboxylic acids is 1. The maximum Gasteiger partial charge on any atom is 0.234 e. The third-order valence-corrected chi connectivity index (χ3v) is 2.16. The van der Waals surface area contributed by atoms with Crippen molar-refractivity contribution in [3.05, 3.63) is 23.7 Å². The summed E-state index contributed by atoms with van der Waals surface area (Å²) in [5, 5.41) is 5.95. The summed E-state index contributed by atoms with van der Waals surface area (Å²) in [5.41, 5.74) is -0.182. The molecule has 0 aliphatic rings. The number of hydrogen-bond acceptors (Lipinski definition) is 3. The lowest BCUT2D eigenvalue weighted by molar-refractivity contribution is -0.121. The topological polar surface area (TPSA) is 54.3 Å². The van der Waals surface area contributed by atoms with Crippen LogP contribution in [0.15, 0.2) is 16.5 Å². The fraction of sp³-hybridized carbons (Fsp3) is 0.615. The summed E-state index contributed by atoms with van der Waals surface area (Å²) in [6, 6.07) is 3.90. The van der Waals surface area contributed by atoms with Crippen LogP contribution in [-0.2, 0) is 17.8 Å². The Morgan fingerprint density at radius 2 is 1.94 bits per heavy atom. The van der Waals surface area contributed by atoms with Crippen LogP contribution >= 0.6 is 0 Å². The summed E-state index contributed by atoms with van der Waals surface area (Å²) in [5.74, 6) is 1.84. The molecule has 0 spiro atoms. The maximum atomic E-state index is 11.5. The van der Waals surface area contributed by atoms with Gasteiger partial charge >= 0.3 is 0 Å². The second kappa shape index (κ2) is 5.87. The normalized spacial score (nSPS) is 11.5. The van der Waals surface area contributed by atoms with Crippen LogP contribution in [0.3, 0.4) is 0 Å². The minimum atomic E-state index is -0.182. The average molecular weight is 238 g/mol. The van der Waals surface area contributed by atoms with Gasteiger partial charge in [-0.2, -0.15) is 0 Å². The van der Waals surface area contributed by atoms with Crippen LogP contribution in [0.1, 0.15) is 39.2 Å². The molecule has 17 heavy (non-hydrogen) atoms. The van der Waals surface area contributed by atoms with E-state index in [9.17, 15) is 4.79 Å². The van der Waals surface area contributed by atoms with E-state index in [-0.39, 0.29) is 11.4 Å². The van der Waals surface area contributed by atoms with Gasteiger partial charge in [0.25, 0.3) is 0 Å². The predicted molar refractivity (Wildman–Crippen MR) is 67.7 cm³/mol. The molecule has 0 saturated carbocycles. The third-order valence-electron chi connectivity index (χ3n) is 2.16. The second-order valence-electron chi connectivity index (χ2n) is 5.12. The van der Waals surface area contributed by atoms with Gasteiger partial charge in [0.1, 0.15) is 11.5 Å². The van der Waals surface area contributed by atoms with E-state index in [1.54, 1.807) is 0 Å². The van der Waals surface area contributed by atoms with E-state index >= 15 is 0 Å². The Balaban J connectivity index is 2.26. The highest BCUT2D eigenvalue weighted by atomic mass is 16.3. The minimum Gasteiger partial charge on any atom is -0.465 e. The molecule has 1 aromatic heterocycles. The molecule has 4 nitrogen and oxygen atoms in total. The fourth-order valence-corrected chi connectivity index (χ4v) is 1.47. The van der Waals surface area contributed by atoms with Gasteiger partial charge in [0.05, 0.1) is 13.1 Å². The number of aryl methyl sites for hydroxylation is 1. The zero-order valence-electron chi connectivity index (χ0n) is 11.1. The molecular weight excluding hydrogens is 216 g/mol. The van der Waals surface area contributed by atoms with Crippen LogP contribution in [0.2, 0.25) is 0 Å². The highest BCUT2D eigenvalue weighted by Gasteiger charge is 2.13. The van der Waals surface area contributed by atoms with Crippen molar-refractivity contribution in [2.45, 2.75) is 46.2 Å². The molecule has 1 amide bonds. The first-order valence-electron chi connectivity index (χ1n) is 6.00. The number of nitrogens with one attached hydrogen (secondary N) is 2. The Morgan fingerprint density at radius 3 is 2.47 bits per heavy atom. The molecule has 0 aromatic carbocycles. The molecule has 2 N–H and O–H groups in total. The van der Waals surface area contributed by atoms with Gasteiger partial charge in [-0.1, -0.05) is 6.92 Å². The number of hydrogen-bond donors (Lipinski definition) is 2. The van der Waals surface area contributed by atoms with Crippen LogP contribution in [0, 0.1) is 0 Å². The molecule has 0 radical (unpaired) electrons. The SMILES string of the molecule is CCc1ccc(CNCC(=O)NC(C)(C)C)o1. The smallest absolute Gasteiger partial charge is 0.234 e. The molecule has 1 rings (SSSR count). The van der Waals surface area contributed by atoms with Gasteiger partial charge in [0.2, 0.25) is 5.91 Å². The minimum absolute atomic E-state index is 0.000212. The van der Waals surface area contributed by atoms with E-state index in [0.29, 0.717) is 13.1 Å². The summed E-state index contributed by atoms with van der Waals surface area (Å²) in [4.78, 5) is 11.5. The zero-order chi connectivity index (χ0) is 12.9. The number of carbonyl (C=O) groups is 1. The molecule has 1 heterocycles. The molecule has 4 heteroatoms. The van der Waals surface area contributed by atoms with Crippen LogP contribution in [0.5, 0.6) is 0 Å². The van der Waals surface area contributed by atoms with Crippen molar-refractivity contribution in [1.82, 2.24) is 10.6 Å². The van der Waals surface area contributed by atoms with E-state index in [0.717, 1.165) is 17.9 Å². The van der Waals surface area contributed by atoms with Gasteiger partial charge in [-0.05, 0) is 32.9 Å². The quantitative estimate of drug-likeness (QED) is 0.823. The lowest BCUT2D eigenvalue weighted by Gasteiger charge is -2.20. The van der Waals surface area contributed by atoms with Crippen LogP contribution in [0.25, 0.3) is 0 Å². The lowest BCUT2D eigenvalue weighted by Crippen LogP contribution is -2.44. The zero-order valence-corrected chi connectivity index (χ0v) is 11.1. The fourth-order valence-electron chi connectivity index (χ4n) is 1.47. The van der Waals surface area contributed by atoms with Crippen molar-refractivity contribution in [3.63, 3.8) is 0 Å². The number of amides is 1. The third kappa shape index (κ3) is 5.54. The maximum absolute atomic E-state index is 11.5. The number of furan rings is 1. The molecule has 0 unspecified atom stereocenters. The first-order chi connectivity index (χ1) is 7.90. The van der Waals surface area contributed by atoms with Crippen molar-refractivity contribution in [2.24, 2.45) is 0 Å². The molecule has 0 atom stereocenters. The first kappa shape index (κ1) is 13.8. The molecule has 0 saturated heterocycles. The summed E-state index contributed by atoms with van der Waals surface area (Å²) in [7, 11) is 0. The molecule has 96 valence electrons. The van der Waals surface area contributed by atoms with E-state index in [1.165, 1.54) is 0 Å². The van der Waals surface area contributed by atoms with Crippen molar-refractivity contribution in [2.75, 3.05) is 6.54 Å². The predicted octanol–water partition coefficient (Wildman–Crippen LogP) is 1.85. The number of rotatable bonds is 5. The van der Waals surface area contributed by atoms with Gasteiger partial charge < -0.3 is 15.1 Å². The highest BCUT2D eigenvalue weighted by molar-refractivity contribution is 5.78. The van der Waals surface area contributed by atoms with Crippen molar-refractivity contribution >= 4 is 5.91 Å². The Kier molecular flexibility index (Phi) is 4.75. The van der Waals surface area contributed by atoms with E-state index in [2.05, 4.69) is 10.6 Å². The van der Waals surface area contributed by atoms with E-state index < -0.39 is 0 Å². The Hall–Kier alpha value is -1.29. The first-order valence-corrected chi connectivity index (χ1v) is 6.00. The molecule has 0 fully saturated rings. The van der Waals surface area contributed by atoms with Gasteiger partial charge in [-0.3, -0.25) is 4.79 Å². The highest BCUT2D eigenvalue weighted by Crippen LogP contribution is 2.07. The van der Waals surface area contributed by atoms with Crippen LogP contribution in [0.4, 0.5) is 0 Å². The lowest BCUT2D eigenvalue weighted by atomic mass is 10.1. The Morgan fingerprint density at radius 1 is 1.29 bits per heavy atom. The Labute approximate surface area is 103 Å². The van der Waals surface area contributed by atoms with Gasteiger partial charge in [0.15, 0.2) is 0 Å². The summed E-state index contributed by atoms with van der Waals surface area (Å²) in [6.07, 6.45) is 0.893. The van der Waals surface area contributed by atoms with E-state index in [4.69, 9.17) is 4.42 Å². The van der Waals surface area contributed by atoms with E-state index in [1.807, 2.05) is 39.8 Å². The molecule has 1 aromatic rings. The molecule has 0 aliphatic heterocycles. The van der Waals surface area contributed by atoms with Crippen LogP contribution < -0.4 is 10.6 Å². The summed E-state index contributed by atoms with van der Waals surface area (Å²) >= 11 is 0. The monoisotopic (exact) mass is 238 g/mol. The van der Waals surface area contributed by atoms with Gasteiger partial charge in [-0.25, -0.2) is 0 Å². The van der Waals surface area contributed by atoms with Crippen LogP contribution in [-0.4, -0.2) is 18.0 Å². The molecular formula is C13H22N2O2. The van der Waals surface area contributed by atoms with Crippen molar-refractivity contribution < 1.29 is 9.21 Å². The van der Waals surface area contributed by atoms with Crippen molar-refractivity contribution in [3.8, 4) is 0 Å². The largest absolute Gasteiger partial charge is 0.465 e. The average Bonchev–Trinajstić information content (AvgIpc) is 2.63. The second-order valence-corrected chi connectivity index (χ2v) is 5.12. The Bertz CT molecular complexity index is 364. The summed E-state index contributed by atoms with van der Waals surface area (Å²) in [6.45, 7) is 8.82. The molecule has 0 aliphatic carbocycles. The van der Waals surface area contributed by atoms with Gasteiger partial charge in [-0.15, -0.1) is 0 Å². The standard InChI is InChI=1S/C13H22N2O2/c1-5-10-6-7-11(17-10)8-14-9-12(16)15-13(2,3)4/h6-7,14H,5,8-9H2,1-4H3,(H,15,16). The van der Waals surface area contributed by atoms with Crippen molar-refractivity contribution in [1.29, 1.82) is 0 Å². The summed E-state index contributed by atoms with van der Waals surface area (Å²) < 4.78 is 5.52.